The molecule has 0 radical (unpaired) electrons. The molecule has 0 unspecified atom stereocenters. The van der Waals surface area contributed by atoms with E-state index < -0.39 is 39.8 Å². The molecule has 0 atom stereocenters. The fourth-order valence-electron chi connectivity index (χ4n) is 2.50. The van der Waals surface area contributed by atoms with Gasteiger partial charge in [-0.25, -0.2) is 13.2 Å². The van der Waals surface area contributed by atoms with Crippen molar-refractivity contribution in [3.8, 4) is 0 Å². The van der Waals surface area contributed by atoms with Crippen LogP contribution in [0.25, 0.3) is 0 Å². The van der Waals surface area contributed by atoms with E-state index >= 15 is 0 Å². The van der Waals surface area contributed by atoms with Crippen molar-refractivity contribution in [2.75, 3.05) is 34.0 Å². The number of halogens is 4. The Morgan fingerprint density at radius 1 is 0.947 bits per heavy atom. The predicted octanol–water partition coefficient (Wildman–Crippen LogP) is -1.56. The van der Waals surface area contributed by atoms with Gasteiger partial charge in [0.15, 0.2) is 0 Å². The first kappa shape index (κ1) is 33.9. The van der Waals surface area contributed by atoms with Crippen LogP contribution in [0.15, 0.2) is 53.4 Å². The molecule has 0 heterocycles. The van der Waals surface area contributed by atoms with Gasteiger partial charge in [0.05, 0.1) is 10.6 Å². The molecule has 18 heteroatoms. The van der Waals surface area contributed by atoms with Crippen LogP contribution in [0.5, 0.6) is 0 Å². The van der Waals surface area contributed by atoms with Crippen LogP contribution < -0.4 is 82.7 Å². The molecule has 0 aromatic heterocycles. The number of hydrogen-bond acceptors (Lipinski definition) is 8. The number of urea groups is 1. The summed E-state index contributed by atoms with van der Waals surface area (Å²) in [6.07, 6.45) is 1.87. The van der Waals surface area contributed by atoms with Crippen molar-refractivity contribution < 1.29 is 96.9 Å². The summed E-state index contributed by atoms with van der Waals surface area (Å²) in [7, 11) is -4.13. The maximum absolute atomic E-state index is 13.4. The molecule has 0 saturated carbocycles. The molecule has 0 spiro atoms. The summed E-state index contributed by atoms with van der Waals surface area (Å²) in [5, 5.41) is 15.3. The van der Waals surface area contributed by atoms with Crippen LogP contribution in [0, 0.1) is 0 Å². The standard InChI is InChI=1S/C20H21F4N5O6S2.K/c1-36-10-9-25-18(33)26-14-3-2-4-15(11-14)37(34,35)29-13-7-5-12(6-8-13)27-28-16(30)19(21,22)20(23,24)17(31)32;/h2-8,11,27,29H,9-10H2,1H3,(H,28,30)(H,31,32)(H2,25,26,33);/q;+1/p-1. The van der Waals surface area contributed by atoms with E-state index in [2.05, 4.69) is 15.4 Å². The second-order valence-electron chi connectivity index (χ2n) is 7.10. The molecule has 0 fully saturated rings. The second-order valence-corrected chi connectivity index (χ2v) is 9.77. The van der Waals surface area contributed by atoms with Crippen LogP contribution >= 0.6 is 11.8 Å². The molecule has 5 N–H and O–H groups in total. The number of rotatable bonds is 12. The van der Waals surface area contributed by atoms with Gasteiger partial charge in [0, 0.05) is 23.7 Å². The van der Waals surface area contributed by atoms with E-state index in [-0.39, 0.29) is 73.3 Å². The summed E-state index contributed by atoms with van der Waals surface area (Å²) in [5.41, 5.74) is 3.19. The monoisotopic (exact) mass is 605 g/mol. The Morgan fingerprint density at radius 2 is 1.55 bits per heavy atom. The number of thioether (sulfide) groups is 1. The van der Waals surface area contributed by atoms with Gasteiger partial charge in [0.25, 0.3) is 10.0 Å². The Hall–Kier alpha value is -2.09. The maximum Gasteiger partial charge on any atom is 1.00 e. The van der Waals surface area contributed by atoms with Crippen LogP contribution in [-0.4, -0.2) is 56.7 Å². The van der Waals surface area contributed by atoms with E-state index in [0.29, 0.717) is 12.3 Å². The fraction of sp³-hybridized carbons (Fsp3) is 0.250. The largest absolute Gasteiger partial charge is 1.00 e. The van der Waals surface area contributed by atoms with Gasteiger partial charge in [-0.3, -0.25) is 20.4 Å². The number of aliphatic carboxylic acids is 1. The quantitative estimate of drug-likeness (QED) is 0.0838. The van der Waals surface area contributed by atoms with Crippen molar-refractivity contribution in [3.05, 3.63) is 48.5 Å². The zero-order valence-electron chi connectivity index (χ0n) is 19.8. The van der Waals surface area contributed by atoms with E-state index in [0.717, 1.165) is 24.3 Å². The van der Waals surface area contributed by atoms with Gasteiger partial charge in [-0.2, -0.15) is 29.3 Å². The number of carboxylic acid groups (broad SMARTS) is 1. The van der Waals surface area contributed by atoms with Gasteiger partial charge in [-0.05, 0) is 48.7 Å². The first-order valence-electron chi connectivity index (χ1n) is 10.0. The number of carboxylic acids is 1. The number of carbonyl (C=O) groups is 3. The Kier molecular flexibility index (Phi) is 12.8. The summed E-state index contributed by atoms with van der Waals surface area (Å²) >= 11 is 1.53. The van der Waals surface area contributed by atoms with Crippen LogP contribution in [0.1, 0.15) is 0 Å². The number of anilines is 3. The molecule has 2 rings (SSSR count). The van der Waals surface area contributed by atoms with Crippen LogP contribution in [-0.2, 0) is 19.6 Å². The van der Waals surface area contributed by atoms with Gasteiger partial charge in [0.1, 0.15) is 5.97 Å². The summed E-state index contributed by atoms with van der Waals surface area (Å²) in [5.74, 6) is -16.8. The predicted molar refractivity (Wildman–Crippen MR) is 126 cm³/mol. The average Bonchev–Trinajstić information content (AvgIpc) is 2.83. The topological polar surface area (TPSA) is 169 Å². The van der Waals surface area contributed by atoms with Gasteiger partial charge in [0.2, 0.25) is 0 Å². The normalized spacial score (nSPS) is 11.5. The Bertz CT molecular complexity index is 1250. The van der Waals surface area contributed by atoms with E-state index in [9.17, 15) is 45.5 Å². The number of carbonyl (C=O) groups excluding carboxylic acids is 3. The van der Waals surface area contributed by atoms with E-state index in [4.69, 9.17) is 0 Å². The molecule has 0 saturated heterocycles. The number of hydrogen-bond donors (Lipinski definition) is 5. The van der Waals surface area contributed by atoms with E-state index in [1.54, 1.807) is 0 Å². The van der Waals surface area contributed by atoms with Gasteiger partial charge in [-0.1, -0.05) is 6.07 Å². The van der Waals surface area contributed by atoms with Crippen molar-refractivity contribution in [2.45, 2.75) is 16.7 Å². The SMILES string of the molecule is CSCCNC(=O)Nc1cccc(S(=O)(=O)Nc2ccc(NNC(=O)C(F)(F)C(F)(F)C(=O)[O-])cc2)c1.[K+]. The molecule has 0 aliphatic rings. The molecule has 3 amide bonds. The van der Waals surface area contributed by atoms with Crippen LogP contribution in [0.3, 0.4) is 0 Å². The van der Waals surface area contributed by atoms with Crippen molar-refractivity contribution >= 4 is 56.8 Å². The van der Waals surface area contributed by atoms with E-state index in [1.807, 2.05) is 11.7 Å². The maximum atomic E-state index is 13.4. The molecule has 38 heavy (non-hydrogen) atoms. The average molecular weight is 606 g/mol. The van der Waals surface area contributed by atoms with Gasteiger partial charge in [-0.15, -0.1) is 0 Å². The number of benzene rings is 2. The molecule has 0 bridgehead atoms. The summed E-state index contributed by atoms with van der Waals surface area (Å²) in [4.78, 5) is 33.2. The molecule has 11 nitrogen and oxygen atoms in total. The third-order valence-electron chi connectivity index (χ3n) is 4.39. The molecule has 202 valence electrons. The minimum Gasteiger partial charge on any atom is -0.544 e. The van der Waals surface area contributed by atoms with Crippen LogP contribution in [0.2, 0.25) is 0 Å². The summed E-state index contributed by atoms with van der Waals surface area (Å²) in [6, 6.07) is 9.36. The van der Waals surface area contributed by atoms with Crippen molar-refractivity contribution in [1.29, 1.82) is 0 Å². The third-order valence-corrected chi connectivity index (χ3v) is 6.38. The molecule has 2 aromatic rings. The number of sulfonamides is 1. The molecular formula is C20H20F4KN5O6S2. The van der Waals surface area contributed by atoms with Gasteiger partial charge < -0.3 is 20.5 Å². The van der Waals surface area contributed by atoms with E-state index in [1.165, 1.54) is 41.5 Å². The minimum atomic E-state index is -5.76. The zero-order valence-corrected chi connectivity index (χ0v) is 24.6. The number of hydrazine groups is 1. The van der Waals surface area contributed by atoms with Crippen molar-refractivity contribution in [2.24, 2.45) is 0 Å². The van der Waals surface area contributed by atoms with Gasteiger partial charge >= 0.3 is 75.2 Å². The number of alkyl halides is 4. The molecule has 2 aromatic carbocycles. The van der Waals surface area contributed by atoms with Crippen molar-refractivity contribution in [3.63, 3.8) is 0 Å². The number of nitrogens with one attached hydrogen (secondary N) is 5. The Balaban J connectivity index is 0.00000722. The number of amides is 3. The smallest absolute Gasteiger partial charge is 0.544 e. The first-order valence-corrected chi connectivity index (χ1v) is 12.9. The fourth-order valence-corrected chi connectivity index (χ4v) is 3.91. The minimum absolute atomic E-state index is 0. The third kappa shape index (κ3) is 8.99. The first-order chi connectivity index (χ1) is 17.2. The van der Waals surface area contributed by atoms with Crippen LogP contribution in [0.4, 0.5) is 39.4 Å². The second kappa shape index (κ2) is 14.3. The Morgan fingerprint density at radius 3 is 2.13 bits per heavy atom. The summed E-state index contributed by atoms with van der Waals surface area (Å²) < 4.78 is 80.4. The molecular weight excluding hydrogens is 585 g/mol. The zero-order chi connectivity index (χ0) is 27.9. The molecule has 0 aliphatic heterocycles. The summed E-state index contributed by atoms with van der Waals surface area (Å²) in [6.45, 7) is 0.412. The Labute approximate surface area is 261 Å². The van der Waals surface area contributed by atoms with Crippen molar-refractivity contribution in [1.82, 2.24) is 10.7 Å². The molecule has 0 aliphatic carbocycles.